The highest BCUT2D eigenvalue weighted by molar-refractivity contribution is 5.79. The lowest BCUT2D eigenvalue weighted by atomic mass is 10.0. The van der Waals surface area contributed by atoms with E-state index in [4.69, 9.17) is 23.7 Å². The minimum Gasteiger partial charge on any atom is -0.458 e. The van der Waals surface area contributed by atoms with Crippen molar-refractivity contribution >= 4 is 17.3 Å². The number of fused-ring (bicyclic) bond motifs is 1. The van der Waals surface area contributed by atoms with Crippen LogP contribution in [0.1, 0.15) is 25.8 Å². The van der Waals surface area contributed by atoms with E-state index in [0.717, 1.165) is 16.9 Å². The second-order valence-electron chi connectivity index (χ2n) is 10.2. The zero-order valence-corrected chi connectivity index (χ0v) is 21.4. The van der Waals surface area contributed by atoms with Gasteiger partial charge in [0.05, 0.1) is 18.0 Å². The van der Waals surface area contributed by atoms with Crippen LogP contribution in [0.5, 0.6) is 0 Å². The van der Waals surface area contributed by atoms with Crippen molar-refractivity contribution in [2.45, 2.75) is 69.4 Å². The number of nitrogens with zero attached hydrogens (tertiary/aromatic N) is 1. The molecule has 0 spiro atoms. The summed E-state index contributed by atoms with van der Waals surface area (Å²) in [5.41, 5.74) is 6.25. The summed E-state index contributed by atoms with van der Waals surface area (Å²) in [6, 6.07) is 29.1. The molecule has 3 aliphatic rings. The Hall–Kier alpha value is -3.27. The van der Waals surface area contributed by atoms with Crippen LogP contribution in [0.4, 0.5) is 11.4 Å². The van der Waals surface area contributed by atoms with Gasteiger partial charge in [0.25, 0.3) is 0 Å². The Kier molecular flexibility index (Phi) is 6.90. The van der Waals surface area contributed by atoms with E-state index in [1.54, 1.807) is 0 Å². The van der Waals surface area contributed by atoms with Crippen LogP contribution in [0.25, 0.3) is 0 Å². The number of hydrazine groups is 1. The molecular formula is C30H32N2O6. The fourth-order valence-electron chi connectivity index (χ4n) is 5.28. The largest absolute Gasteiger partial charge is 0.458 e. The highest BCUT2D eigenvalue weighted by atomic mass is 16.8. The molecule has 38 heavy (non-hydrogen) atoms. The maximum absolute atomic E-state index is 13.1. The molecule has 0 saturated carbocycles. The number of hydrogen-bond acceptors (Lipinski definition) is 8. The maximum Gasteiger partial charge on any atom is 0.325 e. The summed E-state index contributed by atoms with van der Waals surface area (Å²) in [5, 5.41) is 1.91. The predicted molar refractivity (Wildman–Crippen MR) is 140 cm³/mol. The summed E-state index contributed by atoms with van der Waals surface area (Å²) >= 11 is 0. The average molecular weight is 517 g/mol. The van der Waals surface area contributed by atoms with Crippen LogP contribution < -0.4 is 10.4 Å². The topological polar surface area (TPSA) is 78.5 Å². The third kappa shape index (κ3) is 5.18. The molecule has 3 saturated heterocycles. The first-order valence-corrected chi connectivity index (χ1v) is 13.0. The zero-order chi connectivity index (χ0) is 26.1. The van der Waals surface area contributed by atoms with Gasteiger partial charge in [-0.2, -0.15) is 0 Å². The molecule has 8 heteroatoms. The van der Waals surface area contributed by atoms with E-state index >= 15 is 0 Å². The number of cyclic esters (lactones) is 1. The molecule has 8 nitrogen and oxygen atoms in total. The molecule has 0 aliphatic carbocycles. The van der Waals surface area contributed by atoms with Gasteiger partial charge in [0, 0.05) is 6.42 Å². The average Bonchev–Trinajstić information content (AvgIpc) is 3.56. The number of carbonyl (C=O) groups is 1. The van der Waals surface area contributed by atoms with Crippen LogP contribution in [0, 0.1) is 0 Å². The van der Waals surface area contributed by atoms with Gasteiger partial charge in [0.15, 0.2) is 12.1 Å². The number of para-hydroxylation sites is 2. The number of rotatable bonds is 8. The van der Waals surface area contributed by atoms with Crippen molar-refractivity contribution in [3.8, 4) is 0 Å². The third-order valence-corrected chi connectivity index (χ3v) is 7.01. The molecule has 3 aromatic carbocycles. The van der Waals surface area contributed by atoms with Gasteiger partial charge in [0.1, 0.15) is 30.5 Å². The molecule has 3 aromatic rings. The van der Waals surface area contributed by atoms with Crippen molar-refractivity contribution in [2.75, 3.05) is 5.01 Å². The van der Waals surface area contributed by atoms with E-state index in [1.807, 2.05) is 110 Å². The van der Waals surface area contributed by atoms with Crippen LogP contribution in [-0.2, 0) is 35.1 Å². The Morgan fingerprint density at radius 2 is 1.47 bits per heavy atom. The number of carbonyl (C=O) groups excluding carboxylic acids is 1. The van der Waals surface area contributed by atoms with Gasteiger partial charge in [-0.05, 0) is 43.7 Å². The highest BCUT2D eigenvalue weighted by Crippen LogP contribution is 2.42. The molecule has 0 unspecified atom stereocenters. The van der Waals surface area contributed by atoms with Crippen molar-refractivity contribution in [2.24, 2.45) is 0 Å². The van der Waals surface area contributed by atoms with Crippen molar-refractivity contribution < 1.29 is 28.5 Å². The van der Waals surface area contributed by atoms with Crippen LogP contribution >= 0.6 is 0 Å². The molecule has 0 radical (unpaired) electrons. The van der Waals surface area contributed by atoms with E-state index in [-0.39, 0.29) is 5.97 Å². The highest BCUT2D eigenvalue weighted by Gasteiger charge is 2.59. The first kappa shape index (κ1) is 25.0. The number of ether oxygens (including phenoxy) is 5. The number of esters is 1. The Balaban J connectivity index is 1.20. The van der Waals surface area contributed by atoms with Crippen molar-refractivity contribution in [3.63, 3.8) is 0 Å². The maximum atomic E-state index is 13.1. The third-order valence-electron chi connectivity index (χ3n) is 7.01. The lowest BCUT2D eigenvalue weighted by Crippen LogP contribution is -2.45. The smallest absolute Gasteiger partial charge is 0.325 e. The summed E-state index contributed by atoms with van der Waals surface area (Å²) < 4.78 is 30.7. The summed E-state index contributed by atoms with van der Waals surface area (Å²) in [5.74, 6) is -1.12. The monoisotopic (exact) mass is 516 g/mol. The molecule has 6 rings (SSSR count). The molecule has 3 heterocycles. The minimum absolute atomic E-state index is 0.337. The van der Waals surface area contributed by atoms with Crippen LogP contribution in [0.15, 0.2) is 91.0 Å². The predicted octanol–water partition coefficient (Wildman–Crippen LogP) is 4.48. The fraction of sp³-hybridized carbons (Fsp3) is 0.367. The van der Waals surface area contributed by atoms with Crippen molar-refractivity contribution in [1.82, 2.24) is 5.43 Å². The van der Waals surface area contributed by atoms with Gasteiger partial charge in [-0.1, -0.05) is 66.7 Å². The van der Waals surface area contributed by atoms with Crippen LogP contribution in [0.3, 0.4) is 0 Å². The second-order valence-corrected chi connectivity index (χ2v) is 10.2. The molecule has 0 amide bonds. The van der Waals surface area contributed by atoms with Gasteiger partial charge in [-0.15, -0.1) is 0 Å². The summed E-state index contributed by atoms with van der Waals surface area (Å²) in [7, 11) is 0. The first-order valence-electron chi connectivity index (χ1n) is 13.0. The lowest BCUT2D eigenvalue weighted by molar-refractivity contribution is -0.230. The molecule has 1 N–H and O–H groups in total. The van der Waals surface area contributed by atoms with E-state index in [0.29, 0.717) is 13.0 Å². The van der Waals surface area contributed by atoms with Gasteiger partial charge in [0.2, 0.25) is 0 Å². The molecule has 198 valence electrons. The number of nitrogens with one attached hydrogen (secondary N) is 1. The summed E-state index contributed by atoms with van der Waals surface area (Å²) in [6.45, 7) is 4.10. The van der Waals surface area contributed by atoms with Gasteiger partial charge in [-0.3, -0.25) is 9.80 Å². The normalized spacial score (nSPS) is 29.7. The molecule has 3 fully saturated rings. The SMILES string of the molecule is CC1(C)O[C@H]2O[C@H]([C@H]3C[C@H](NN(c4ccccc4)c4ccccc4)C(=O)O3)[C@H](OCc3ccccc3)[C@H]2O1. The van der Waals surface area contributed by atoms with Crippen molar-refractivity contribution in [1.29, 1.82) is 0 Å². The molecular weight excluding hydrogens is 484 g/mol. The van der Waals surface area contributed by atoms with E-state index < -0.39 is 42.5 Å². The van der Waals surface area contributed by atoms with Crippen LogP contribution in [-0.4, -0.2) is 48.5 Å². The van der Waals surface area contributed by atoms with Gasteiger partial charge < -0.3 is 23.7 Å². The number of hydrogen-bond donors (Lipinski definition) is 1. The van der Waals surface area contributed by atoms with E-state index in [1.165, 1.54) is 0 Å². The molecule has 6 atom stereocenters. The Bertz CT molecular complexity index is 1190. The summed E-state index contributed by atoms with van der Waals surface area (Å²) in [4.78, 5) is 13.1. The quantitative estimate of drug-likeness (QED) is 0.347. The van der Waals surface area contributed by atoms with Gasteiger partial charge in [-0.25, -0.2) is 5.43 Å². The Morgan fingerprint density at radius 3 is 2.11 bits per heavy atom. The standard InChI is InChI=1S/C30H32N2O6/c1-30(2)37-27-26(34-19-20-12-6-3-7-13-20)25(36-29(27)38-30)24-18-23(28(33)35-24)31-32(21-14-8-4-9-15-21)22-16-10-5-11-17-22/h3-17,23-27,29,31H,18-19H2,1-2H3/t23-,24+,25+,26-,27+,29+/m0/s1. The Morgan fingerprint density at radius 1 is 0.868 bits per heavy atom. The summed E-state index contributed by atoms with van der Waals surface area (Å²) in [6.07, 6.45) is -2.11. The van der Waals surface area contributed by atoms with Crippen molar-refractivity contribution in [3.05, 3.63) is 96.6 Å². The molecule has 0 bridgehead atoms. The zero-order valence-electron chi connectivity index (χ0n) is 21.4. The molecule has 0 aromatic heterocycles. The first-order chi connectivity index (χ1) is 18.5. The van der Waals surface area contributed by atoms with E-state index in [2.05, 4.69) is 5.43 Å². The van der Waals surface area contributed by atoms with Crippen LogP contribution in [0.2, 0.25) is 0 Å². The van der Waals surface area contributed by atoms with E-state index in [9.17, 15) is 4.79 Å². The Labute approximate surface area is 222 Å². The second kappa shape index (κ2) is 10.5. The number of anilines is 2. The van der Waals surface area contributed by atoms with Gasteiger partial charge >= 0.3 is 5.97 Å². The number of benzene rings is 3. The lowest BCUT2D eigenvalue weighted by Gasteiger charge is -2.29. The molecule has 3 aliphatic heterocycles. The fourth-order valence-corrected chi connectivity index (χ4v) is 5.28. The minimum atomic E-state index is -0.781.